The Hall–Kier alpha value is -0.160. The van der Waals surface area contributed by atoms with E-state index in [0.29, 0.717) is 0 Å². The quantitative estimate of drug-likeness (QED) is 0.435. The molecule has 62 valence electrons. The minimum absolute atomic E-state index is 0.120. The van der Waals surface area contributed by atoms with Crippen LogP contribution in [0, 0.1) is 5.92 Å². The van der Waals surface area contributed by atoms with E-state index >= 15 is 0 Å². The third-order valence-electron chi connectivity index (χ3n) is 1.61. The van der Waals surface area contributed by atoms with Gasteiger partial charge in [-0.25, -0.2) is 11.0 Å². The third-order valence-corrected chi connectivity index (χ3v) is 1.61. The van der Waals surface area contributed by atoms with Crippen LogP contribution in [-0.2, 0) is 0 Å². The highest BCUT2D eigenvalue weighted by Gasteiger charge is 2.18. The first-order valence-electron chi connectivity index (χ1n) is 3.42. The Morgan fingerprint density at radius 2 is 1.50 bits per heavy atom. The van der Waals surface area contributed by atoms with Gasteiger partial charge in [-0.15, -0.1) is 0 Å². The normalized spacial score (nSPS) is 17.4. The molecule has 0 bridgehead atoms. The molecule has 2 unspecified atom stereocenters. The second kappa shape index (κ2) is 4.62. The van der Waals surface area contributed by atoms with Crippen LogP contribution in [0.5, 0.6) is 0 Å². The molecule has 0 amide bonds. The molecule has 0 fully saturated rings. The van der Waals surface area contributed by atoms with E-state index < -0.39 is 0 Å². The van der Waals surface area contributed by atoms with Gasteiger partial charge in [0.05, 0.1) is 6.04 Å². The molecule has 10 heavy (non-hydrogen) atoms. The molecule has 0 aliphatic heterocycles. The van der Waals surface area contributed by atoms with Gasteiger partial charge in [-0.3, -0.25) is 0 Å². The van der Waals surface area contributed by atoms with E-state index in [1.54, 1.807) is 6.92 Å². The SMILES string of the molecule is CC(C)C(NO)C(C)NO. The summed E-state index contributed by atoms with van der Waals surface area (Å²) < 4.78 is 0. The van der Waals surface area contributed by atoms with E-state index in [-0.39, 0.29) is 18.0 Å². The average Bonchev–Trinajstić information content (AvgIpc) is 1.88. The van der Waals surface area contributed by atoms with E-state index in [1.165, 1.54) is 0 Å². The van der Waals surface area contributed by atoms with Gasteiger partial charge in [0.2, 0.25) is 0 Å². The molecule has 0 spiro atoms. The third kappa shape index (κ3) is 2.62. The highest BCUT2D eigenvalue weighted by molar-refractivity contribution is 4.75. The van der Waals surface area contributed by atoms with Crippen molar-refractivity contribution >= 4 is 0 Å². The first kappa shape index (κ1) is 9.84. The molecule has 0 saturated carbocycles. The van der Waals surface area contributed by atoms with E-state index in [2.05, 4.69) is 11.0 Å². The van der Waals surface area contributed by atoms with Crippen molar-refractivity contribution in [1.29, 1.82) is 0 Å². The summed E-state index contributed by atoms with van der Waals surface area (Å²) in [5.41, 5.74) is 4.20. The number of hydrogen-bond acceptors (Lipinski definition) is 4. The molecular weight excluding hydrogens is 132 g/mol. The molecule has 0 saturated heterocycles. The highest BCUT2D eigenvalue weighted by Crippen LogP contribution is 2.04. The van der Waals surface area contributed by atoms with Gasteiger partial charge in [-0.2, -0.15) is 0 Å². The van der Waals surface area contributed by atoms with E-state index in [9.17, 15) is 0 Å². The number of hydroxylamine groups is 2. The van der Waals surface area contributed by atoms with Crippen molar-refractivity contribution < 1.29 is 10.4 Å². The zero-order chi connectivity index (χ0) is 8.15. The van der Waals surface area contributed by atoms with Crippen LogP contribution in [0.4, 0.5) is 0 Å². The summed E-state index contributed by atoms with van der Waals surface area (Å²) in [4.78, 5) is 0. The van der Waals surface area contributed by atoms with Crippen molar-refractivity contribution in [3.05, 3.63) is 0 Å². The van der Waals surface area contributed by atoms with Crippen molar-refractivity contribution in [2.24, 2.45) is 5.92 Å². The molecular formula is C6H16N2O2. The predicted octanol–water partition coefficient (Wildman–Crippen LogP) is 0.357. The Morgan fingerprint density at radius 3 is 1.60 bits per heavy atom. The maximum atomic E-state index is 8.60. The zero-order valence-corrected chi connectivity index (χ0v) is 6.63. The Balaban J connectivity index is 3.80. The Kier molecular flexibility index (Phi) is 4.55. The zero-order valence-electron chi connectivity index (χ0n) is 6.63. The summed E-state index contributed by atoms with van der Waals surface area (Å²) in [5.74, 6) is 0.277. The smallest absolute Gasteiger partial charge is 0.0515 e. The van der Waals surface area contributed by atoms with Crippen LogP contribution in [0.2, 0.25) is 0 Å². The summed E-state index contributed by atoms with van der Waals surface area (Å²) in [6, 6.07) is -0.269. The maximum absolute atomic E-state index is 8.60. The fraction of sp³-hybridized carbons (Fsp3) is 1.00. The number of hydrogen-bond donors (Lipinski definition) is 4. The molecule has 2 atom stereocenters. The minimum Gasteiger partial charge on any atom is -0.316 e. The molecule has 0 aliphatic rings. The molecule has 0 rings (SSSR count). The van der Waals surface area contributed by atoms with Gasteiger partial charge < -0.3 is 10.4 Å². The fourth-order valence-corrected chi connectivity index (χ4v) is 0.919. The van der Waals surface area contributed by atoms with Gasteiger partial charge in [-0.1, -0.05) is 13.8 Å². The molecule has 0 radical (unpaired) electrons. The largest absolute Gasteiger partial charge is 0.316 e. The first-order valence-corrected chi connectivity index (χ1v) is 3.42. The summed E-state index contributed by atoms with van der Waals surface area (Å²) in [7, 11) is 0. The summed E-state index contributed by atoms with van der Waals surface area (Å²) in [6.07, 6.45) is 0. The summed E-state index contributed by atoms with van der Waals surface area (Å²) in [5, 5.41) is 17.1. The maximum Gasteiger partial charge on any atom is 0.0515 e. The molecule has 0 heterocycles. The van der Waals surface area contributed by atoms with E-state index in [0.717, 1.165) is 0 Å². The predicted molar refractivity (Wildman–Crippen MR) is 37.9 cm³/mol. The van der Waals surface area contributed by atoms with Gasteiger partial charge in [-0.05, 0) is 12.8 Å². The number of rotatable bonds is 4. The second-order valence-corrected chi connectivity index (χ2v) is 2.82. The molecule has 0 aliphatic carbocycles. The molecule has 4 heteroatoms. The van der Waals surface area contributed by atoms with E-state index in [1.807, 2.05) is 13.8 Å². The van der Waals surface area contributed by atoms with E-state index in [4.69, 9.17) is 10.4 Å². The summed E-state index contributed by atoms with van der Waals surface area (Å²) in [6.45, 7) is 5.71. The van der Waals surface area contributed by atoms with Gasteiger partial charge in [0.25, 0.3) is 0 Å². The Bertz CT molecular complexity index is 87.8. The van der Waals surface area contributed by atoms with Crippen LogP contribution in [-0.4, -0.2) is 22.5 Å². The fourth-order valence-electron chi connectivity index (χ4n) is 0.919. The van der Waals surface area contributed by atoms with Crippen LogP contribution in [0.1, 0.15) is 20.8 Å². The molecule has 4 N–H and O–H groups in total. The lowest BCUT2D eigenvalue weighted by atomic mass is 9.99. The van der Waals surface area contributed by atoms with Gasteiger partial charge in [0.1, 0.15) is 0 Å². The van der Waals surface area contributed by atoms with Crippen LogP contribution in [0.25, 0.3) is 0 Å². The van der Waals surface area contributed by atoms with Crippen LogP contribution >= 0.6 is 0 Å². The van der Waals surface area contributed by atoms with Gasteiger partial charge in [0.15, 0.2) is 0 Å². The minimum atomic E-state index is -0.148. The average molecular weight is 148 g/mol. The topological polar surface area (TPSA) is 64.5 Å². The van der Waals surface area contributed by atoms with Crippen molar-refractivity contribution in [2.75, 3.05) is 0 Å². The van der Waals surface area contributed by atoms with Crippen LogP contribution in [0.3, 0.4) is 0 Å². The van der Waals surface area contributed by atoms with Gasteiger partial charge in [0, 0.05) is 6.04 Å². The van der Waals surface area contributed by atoms with Crippen LogP contribution in [0.15, 0.2) is 0 Å². The Morgan fingerprint density at radius 1 is 1.00 bits per heavy atom. The lowest BCUT2D eigenvalue weighted by Gasteiger charge is -2.24. The van der Waals surface area contributed by atoms with Gasteiger partial charge >= 0.3 is 0 Å². The van der Waals surface area contributed by atoms with Crippen molar-refractivity contribution in [3.63, 3.8) is 0 Å². The lowest BCUT2D eigenvalue weighted by Crippen LogP contribution is -2.47. The second-order valence-electron chi connectivity index (χ2n) is 2.82. The molecule has 0 aromatic rings. The van der Waals surface area contributed by atoms with Crippen molar-refractivity contribution in [2.45, 2.75) is 32.9 Å². The van der Waals surface area contributed by atoms with Crippen molar-refractivity contribution in [3.8, 4) is 0 Å². The highest BCUT2D eigenvalue weighted by atomic mass is 16.5. The molecule has 0 aromatic heterocycles. The number of nitrogens with one attached hydrogen (secondary N) is 2. The van der Waals surface area contributed by atoms with Crippen LogP contribution < -0.4 is 11.0 Å². The van der Waals surface area contributed by atoms with Crippen molar-refractivity contribution in [1.82, 2.24) is 11.0 Å². The molecule has 4 nitrogen and oxygen atoms in total. The Labute approximate surface area is 61.2 Å². The lowest BCUT2D eigenvalue weighted by molar-refractivity contribution is 0.0404. The molecule has 0 aromatic carbocycles. The standard InChI is InChI=1S/C6H16N2O2/c1-4(2)6(8-10)5(3)7-9/h4-10H,1-3H3. The first-order chi connectivity index (χ1) is 4.63. The summed E-state index contributed by atoms with van der Waals surface area (Å²) >= 11 is 0. The monoisotopic (exact) mass is 148 g/mol.